The summed E-state index contributed by atoms with van der Waals surface area (Å²) in [6, 6.07) is 0. The van der Waals surface area contributed by atoms with Crippen molar-refractivity contribution in [1.82, 2.24) is 0 Å². The Morgan fingerprint density at radius 1 is 1.45 bits per heavy atom. The lowest BCUT2D eigenvalue weighted by molar-refractivity contribution is 0.123. The van der Waals surface area contributed by atoms with Crippen LogP contribution in [0.15, 0.2) is 12.7 Å². The van der Waals surface area contributed by atoms with Crippen molar-refractivity contribution in [3.05, 3.63) is 12.7 Å². The summed E-state index contributed by atoms with van der Waals surface area (Å²) < 4.78 is 0. The second-order valence-electron chi connectivity index (χ2n) is 4.62. The van der Waals surface area contributed by atoms with Crippen molar-refractivity contribution in [2.75, 3.05) is 0 Å². The molecule has 0 N–H and O–H groups in total. The molecular formula is C11H20. The zero-order valence-electron chi connectivity index (χ0n) is 8.06. The van der Waals surface area contributed by atoms with E-state index < -0.39 is 0 Å². The quantitative estimate of drug-likeness (QED) is 0.503. The summed E-state index contributed by atoms with van der Waals surface area (Å²) in [7, 11) is 0. The summed E-state index contributed by atoms with van der Waals surface area (Å²) >= 11 is 0. The van der Waals surface area contributed by atoms with Gasteiger partial charge in [-0.3, -0.25) is 0 Å². The molecule has 1 aliphatic carbocycles. The molecule has 0 spiro atoms. The minimum absolute atomic E-state index is 0.499. The van der Waals surface area contributed by atoms with E-state index in [9.17, 15) is 0 Å². The van der Waals surface area contributed by atoms with Crippen LogP contribution < -0.4 is 0 Å². The number of rotatable bonds is 1. The molecule has 0 heterocycles. The maximum atomic E-state index is 3.93. The third-order valence-electron chi connectivity index (χ3n) is 3.25. The van der Waals surface area contributed by atoms with Crippen molar-refractivity contribution in [2.45, 2.75) is 40.0 Å². The van der Waals surface area contributed by atoms with Gasteiger partial charge >= 0.3 is 0 Å². The zero-order valence-corrected chi connectivity index (χ0v) is 8.06. The highest BCUT2D eigenvalue weighted by Gasteiger charge is 2.34. The van der Waals surface area contributed by atoms with Crippen LogP contribution in [0, 0.1) is 17.3 Å². The lowest BCUT2D eigenvalue weighted by Crippen LogP contribution is -2.31. The SMILES string of the molecule is C=CC1C(C)CCCC1(C)C. The van der Waals surface area contributed by atoms with Crippen molar-refractivity contribution in [2.24, 2.45) is 17.3 Å². The van der Waals surface area contributed by atoms with Crippen LogP contribution in [0.2, 0.25) is 0 Å². The Kier molecular flexibility index (Phi) is 2.41. The second-order valence-corrected chi connectivity index (χ2v) is 4.62. The molecule has 0 aromatic heterocycles. The average molecular weight is 152 g/mol. The van der Waals surface area contributed by atoms with Gasteiger partial charge in [-0.25, -0.2) is 0 Å². The first-order chi connectivity index (χ1) is 5.08. The molecule has 0 saturated heterocycles. The van der Waals surface area contributed by atoms with E-state index in [0.717, 1.165) is 11.8 Å². The van der Waals surface area contributed by atoms with E-state index >= 15 is 0 Å². The fourth-order valence-corrected chi connectivity index (χ4v) is 2.55. The molecule has 1 saturated carbocycles. The van der Waals surface area contributed by atoms with Crippen LogP contribution in [0.1, 0.15) is 40.0 Å². The minimum Gasteiger partial charge on any atom is -0.103 e. The van der Waals surface area contributed by atoms with Gasteiger partial charge in [0, 0.05) is 0 Å². The molecule has 0 bridgehead atoms. The van der Waals surface area contributed by atoms with E-state index in [4.69, 9.17) is 0 Å². The number of hydrogen-bond donors (Lipinski definition) is 0. The lowest BCUT2D eigenvalue weighted by atomic mass is 9.64. The Hall–Kier alpha value is -0.260. The molecule has 0 nitrogen and oxygen atoms in total. The van der Waals surface area contributed by atoms with Crippen molar-refractivity contribution >= 4 is 0 Å². The van der Waals surface area contributed by atoms with E-state index in [-0.39, 0.29) is 0 Å². The van der Waals surface area contributed by atoms with Crippen molar-refractivity contribution in [3.8, 4) is 0 Å². The van der Waals surface area contributed by atoms with Gasteiger partial charge in [-0.05, 0) is 23.7 Å². The average Bonchev–Trinajstić information content (AvgIpc) is 1.86. The Balaban J connectivity index is 2.72. The number of allylic oxidation sites excluding steroid dienone is 1. The van der Waals surface area contributed by atoms with Gasteiger partial charge in [0.15, 0.2) is 0 Å². The first kappa shape index (κ1) is 8.83. The summed E-state index contributed by atoms with van der Waals surface area (Å²) in [4.78, 5) is 0. The lowest BCUT2D eigenvalue weighted by Gasteiger charge is -2.41. The highest BCUT2D eigenvalue weighted by molar-refractivity contribution is 4.95. The van der Waals surface area contributed by atoms with Crippen LogP contribution in [0.3, 0.4) is 0 Å². The largest absolute Gasteiger partial charge is 0.103 e. The molecule has 1 fully saturated rings. The van der Waals surface area contributed by atoms with E-state index in [2.05, 4.69) is 33.4 Å². The predicted octanol–water partition coefficient (Wildman–Crippen LogP) is 3.63. The highest BCUT2D eigenvalue weighted by Crippen LogP contribution is 2.44. The van der Waals surface area contributed by atoms with Gasteiger partial charge in [0.25, 0.3) is 0 Å². The fraction of sp³-hybridized carbons (Fsp3) is 0.818. The van der Waals surface area contributed by atoms with Crippen molar-refractivity contribution in [3.63, 3.8) is 0 Å². The Morgan fingerprint density at radius 3 is 2.45 bits per heavy atom. The van der Waals surface area contributed by atoms with E-state index in [1.807, 2.05) is 0 Å². The second kappa shape index (κ2) is 3.00. The van der Waals surface area contributed by atoms with E-state index in [1.165, 1.54) is 19.3 Å². The van der Waals surface area contributed by atoms with Crippen LogP contribution in [0.4, 0.5) is 0 Å². The Morgan fingerprint density at radius 2 is 2.09 bits per heavy atom. The van der Waals surface area contributed by atoms with Gasteiger partial charge < -0.3 is 0 Å². The van der Waals surface area contributed by atoms with Gasteiger partial charge in [0.2, 0.25) is 0 Å². The van der Waals surface area contributed by atoms with Crippen LogP contribution in [-0.2, 0) is 0 Å². The third kappa shape index (κ3) is 1.66. The molecule has 2 unspecified atom stereocenters. The standard InChI is InChI=1S/C11H20/c1-5-10-9(2)7-6-8-11(10,3)4/h5,9-10H,1,6-8H2,2-4H3. The van der Waals surface area contributed by atoms with Crippen LogP contribution >= 0.6 is 0 Å². The maximum absolute atomic E-state index is 3.93. The summed E-state index contributed by atoms with van der Waals surface area (Å²) in [6.07, 6.45) is 6.32. The van der Waals surface area contributed by atoms with E-state index in [1.54, 1.807) is 0 Å². The molecule has 0 heteroatoms. The summed E-state index contributed by atoms with van der Waals surface area (Å²) in [6.45, 7) is 11.0. The van der Waals surface area contributed by atoms with Gasteiger partial charge in [-0.15, -0.1) is 6.58 Å². The molecular weight excluding hydrogens is 132 g/mol. The topological polar surface area (TPSA) is 0 Å². The first-order valence-corrected chi connectivity index (χ1v) is 4.70. The molecule has 0 aromatic carbocycles. The molecule has 0 amide bonds. The maximum Gasteiger partial charge on any atom is -0.0159 e. The van der Waals surface area contributed by atoms with Gasteiger partial charge in [0.1, 0.15) is 0 Å². The van der Waals surface area contributed by atoms with E-state index in [0.29, 0.717) is 5.41 Å². The Labute approximate surface area is 70.7 Å². The molecule has 1 rings (SSSR count). The minimum atomic E-state index is 0.499. The van der Waals surface area contributed by atoms with Crippen molar-refractivity contribution < 1.29 is 0 Å². The van der Waals surface area contributed by atoms with Crippen molar-refractivity contribution in [1.29, 1.82) is 0 Å². The predicted molar refractivity (Wildman–Crippen MR) is 50.5 cm³/mol. The molecule has 0 radical (unpaired) electrons. The Bertz CT molecular complexity index is 144. The summed E-state index contributed by atoms with van der Waals surface area (Å²) in [5.41, 5.74) is 0.499. The summed E-state index contributed by atoms with van der Waals surface area (Å²) in [5, 5.41) is 0. The van der Waals surface area contributed by atoms with Crippen LogP contribution in [0.25, 0.3) is 0 Å². The molecule has 64 valence electrons. The first-order valence-electron chi connectivity index (χ1n) is 4.70. The molecule has 1 aliphatic rings. The molecule has 0 aliphatic heterocycles. The van der Waals surface area contributed by atoms with Crippen LogP contribution in [0.5, 0.6) is 0 Å². The molecule has 0 aromatic rings. The smallest absolute Gasteiger partial charge is 0.0159 e. The fourth-order valence-electron chi connectivity index (χ4n) is 2.55. The van der Waals surface area contributed by atoms with Gasteiger partial charge in [-0.1, -0.05) is 39.7 Å². The zero-order chi connectivity index (χ0) is 8.48. The van der Waals surface area contributed by atoms with Crippen LogP contribution in [-0.4, -0.2) is 0 Å². The van der Waals surface area contributed by atoms with Gasteiger partial charge in [-0.2, -0.15) is 0 Å². The highest BCUT2D eigenvalue weighted by atomic mass is 14.4. The molecule has 11 heavy (non-hydrogen) atoms. The monoisotopic (exact) mass is 152 g/mol. The molecule has 2 atom stereocenters. The summed E-state index contributed by atoms with van der Waals surface area (Å²) in [5.74, 6) is 1.58. The van der Waals surface area contributed by atoms with Gasteiger partial charge in [0.05, 0.1) is 0 Å². The third-order valence-corrected chi connectivity index (χ3v) is 3.25. The normalized spacial score (nSPS) is 36.6. The number of hydrogen-bond acceptors (Lipinski definition) is 0.